The normalized spacial score (nSPS) is 15.6. The van der Waals surface area contributed by atoms with Gasteiger partial charge in [-0.2, -0.15) is 0 Å². The van der Waals surface area contributed by atoms with E-state index in [-0.39, 0.29) is 11.2 Å². The largest absolute Gasteiger partial charge is 0.497 e. The second-order valence-electron chi connectivity index (χ2n) is 9.03. The Bertz CT molecular complexity index is 1200. The maximum atomic E-state index is 13.0. The Morgan fingerprint density at radius 2 is 1.85 bits per heavy atom. The third kappa shape index (κ3) is 4.62. The van der Waals surface area contributed by atoms with Crippen molar-refractivity contribution in [3.8, 4) is 17.1 Å². The van der Waals surface area contributed by atoms with Crippen LogP contribution < -0.4 is 9.64 Å². The second-order valence-corrected chi connectivity index (χ2v) is 9.97. The number of allylic oxidation sites excluding steroid dienone is 2. The van der Waals surface area contributed by atoms with Crippen LogP contribution in [0.15, 0.2) is 65.5 Å². The number of para-hydroxylation sites is 1. The number of benzene rings is 2. The number of thioether (sulfide) groups is 1. The minimum absolute atomic E-state index is 0.0729. The number of carbonyl (C=O) groups excluding carboxylic acids is 1. The molecule has 4 rings (SSSR count). The average Bonchev–Trinajstić information content (AvgIpc) is 3.34. The van der Waals surface area contributed by atoms with Gasteiger partial charge in [-0.15, -0.1) is 10.2 Å². The molecule has 6 nitrogen and oxygen atoms in total. The average molecular weight is 477 g/mol. The van der Waals surface area contributed by atoms with Crippen LogP contribution in [0.1, 0.15) is 39.2 Å². The van der Waals surface area contributed by atoms with Crippen molar-refractivity contribution in [2.24, 2.45) is 0 Å². The van der Waals surface area contributed by atoms with E-state index in [1.165, 1.54) is 17.3 Å². The molecule has 2 heterocycles. The molecule has 1 aliphatic rings. The number of ether oxygens (including phenoxy) is 1. The van der Waals surface area contributed by atoms with E-state index in [2.05, 4.69) is 58.6 Å². The van der Waals surface area contributed by atoms with Gasteiger partial charge < -0.3 is 14.2 Å². The van der Waals surface area contributed by atoms with E-state index in [0.29, 0.717) is 5.75 Å². The fourth-order valence-corrected chi connectivity index (χ4v) is 5.24. The summed E-state index contributed by atoms with van der Waals surface area (Å²) in [5.41, 5.74) is 4.19. The molecule has 0 bridgehead atoms. The highest BCUT2D eigenvalue weighted by Gasteiger charge is 2.38. The number of nitrogens with zero attached hydrogens (tertiary/aromatic N) is 4. The summed E-state index contributed by atoms with van der Waals surface area (Å²) in [4.78, 5) is 15.2. The number of hydrogen-bond acceptors (Lipinski definition) is 6. The van der Waals surface area contributed by atoms with Crippen molar-refractivity contribution in [3.05, 3.63) is 65.9 Å². The molecular formula is C27H32N4O2S. The summed E-state index contributed by atoms with van der Waals surface area (Å²) in [5, 5.41) is 9.66. The van der Waals surface area contributed by atoms with Gasteiger partial charge in [-0.3, -0.25) is 4.79 Å². The summed E-state index contributed by atoms with van der Waals surface area (Å²) < 4.78 is 7.40. The van der Waals surface area contributed by atoms with Crippen LogP contribution in [0.3, 0.4) is 0 Å². The Labute approximate surface area is 206 Å². The number of ketones is 1. The van der Waals surface area contributed by atoms with Crippen LogP contribution in [0.5, 0.6) is 5.75 Å². The second kappa shape index (κ2) is 10.1. The molecule has 0 fully saturated rings. The van der Waals surface area contributed by atoms with Gasteiger partial charge >= 0.3 is 0 Å². The number of rotatable bonds is 9. The maximum absolute atomic E-state index is 13.0. The number of likely N-dealkylation sites (N-methyl/N-ethyl adjacent to an activating group) is 1. The summed E-state index contributed by atoms with van der Waals surface area (Å²) in [6, 6.07) is 16.2. The van der Waals surface area contributed by atoms with Gasteiger partial charge in [0.15, 0.2) is 16.8 Å². The maximum Gasteiger partial charge on any atom is 0.191 e. The molecule has 0 unspecified atom stereocenters. The Morgan fingerprint density at radius 3 is 2.53 bits per heavy atom. The van der Waals surface area contributed by atoms with Crippen molar-refractivity contribution in [2.45, 2.75) is 50.7 Å². The first kappa shape index (κ1) is 24.1. The lowest BCUT2D eigenvalue weighted by atomic mass is 9.83. The van der Waals surface area contributed by atoms with E-state index < -0.39 is 0 Å². The van der Waals surface area contributed by atoms with Gasteiger partial charge in [0.05, 0.1) is 12.9 Å². The summed E-state index contributed by atoms with van der Waals surface area (Å²) in [7, 11) is 3.69. The highest BCUT2D eigenvalue weighted by atomic mass is 32.2. The van der Waals surface area contributed by atoms with E-state index in [1.54, 1.807) is 13.2 Å². The van der Waals surface area contributed by atoms with Gasteiger partial charge in [0.1, 0.15) is 5.75 Å². The van der Waals surface area contributed by atoms with Crippen molar-refractivity contribution >= 4 is 23.2 Å². The Balaban J connectivity index is 1.53. The molecule has 0 spiro atoms. The predicted octanol–water partition coefficient (Wildman–Crippen LogP) is 5.73. The van der Waals surface area contributed by atoms with Crippen LogP contribution in [0.2, 0.25) is 0 Å². The number of hydrogen-bond donors (Lipinski definition) is 0. The van der Waals surface area contributed by atoms with E-state index in [4.69, 9.17) is 4.74 Å². The third-order valence-electron chi connectivity index (χ3n) is 6.38. The predicted molar refractivity (Wildman–Crippen MR) is 139 cm³/mol. The zero-order valence-corrected chi connectivity index (χ0v) is 21.4. The van der Waals surface area contributed by atoms with Crippen LogP contribution in [0.25, 0.3) is 11.4 Å². The van der Waals surface area contributed by atoms with Gasteiger partial charge in [-0.05, 0) is 42.3 Å². The molecule has 7 heteroatoms. The zero-order valence-electron chi connectivity index (χ0n) is 20.5. The van der Waals surface area contributed by atoms with E-state index in [1.807, 2.05) is 37.4 Å². The van der Waals surface area contributed by atoms with Crippen LogP contribution >= 0.6 is 11.8 Å². The van der Waals surface area contributed by atoms with Crippen molar-refractivity contribution < 1.29 is 9.53 Å². The SMILES string of the molecule is CCCCn1c(SCC(=O)/C=C2/N(C)c3ccccc3C2(C)C)nnc1-c1ccc(OC)cc1. The van der Waals surface area contributed by atoms with Gasteiger partial charge in [0.2, 0.25) is 0 Å². The lowest BCUT2D eigenvalue weighted by Crippen LogP contribution is -2.24. The molecule has 0 atom stereocenters. The molecule has 34 heavy (non-hydrogen) atoms. The summed E-state index contributed by atoms with van der Waals surface area (Å²) in [5.74, 6) is 2.01. The van der Waals surface area contributed by atoms with Crippen LogP contribution in [0.4, 0.5) is 5.69 Å². The van der Waals surface area contributed by atoms with Gasteiger partial charge in [0, 0.05) is 42.0 Å². The molecule has 0 N–H and O–H groups in total. The van der Waals surface area contributed by atoms with Crippen LogP contribution in [0, 0.1) is 0 Å². The van der Waals surface area contributed by atoms with E-state index in [0.717, 1.165) is 53.1 Å². The molecule has 0 saturated carbocycles. The van der Waals surface area contributed by atoms with Crippen LogP contribution in [-0.2, 0) is 16.8 Å². The van der Waals surface area contributed by atoms with E-state index in [9.17, 15) is 4.79 Å². The fourth-order valence-electron chi connectivity index (χ4n) is 4.46. The Morgan fingerprint density at radius 1 is 1.12 bits per heavy atom. The van der Waals surface area contributed by atoms with Crippen molar-refractivity contribution in [1.82, 2.24) is 14.8 Å². The fraction of sp³-hybridized carbons (Fsp3) is 0.370. The molecule has 3 aromatic rings. The molecule has 0 saturated heterocycles. The molecule has 2 aromatic carbocycles. The number of aromatic nitrogens is 3. The molecule has 1 aromatic heterocycles. The Hall–Kier alpha value is -3.06. The molecule has 0 aliphatic carbocycles. The van der Waals surface area contributed by atoms with Crippen molar-refractivity contribution in [1.29, 1.82) is 0 Å². The van der Waals surface area contributed by atoms with Crippen LogP contribution in [-0.4, -0.2) is 40.5 Å². The van der Waals surface area contributed by atoms with Crippen molar-refractivity contribution in [2.75, 3.05) is 24.8 Å². The lowest BCUT2D eigenvalue weighted by Gasteiger charge is -2.23. The zero-order chi connectivity index (χ0) is 24.3. The monoisotopic (exact) mass is 476 g/mol. The number of carbonyl (C=O) groups is 1. The lowest BCUT2D eigenvalue weighted by molar-refractivity contribution is -0.112. The van der Waals surface area contributed by atoms with Gasteiger partial charge in [-0.1, -0.05) is 57.2 Å². The molecule has 0 amide bonds. The summed E-state index contributed by atoms with van der Waals surface area (Å²) in [6.07, 6.45) is 3.88. The van der Waals surface area contributed by atoms with Crippen molar-refractivity contribution in [3.63, 3.8) is 0 Å². The number of unbranched alkanes of at least 4 members (excludes halogenated alkanes) is 1. The quantitative estimate of drug-likeness (QED) is 0.290. The number of fused-ring (bicyclic) bond motifs is 1. The number of methoxy groups -OCH3 is 1. The topological polar surface area (TPSA) is 60.2 Å². The Kier molecular flexibility index (Phi) is 7.12. The summed E-state index contributed by atoms with van der Waals surface area (Å²) in [6.45, 7) is 7.32. The molecule has 178 valence electrons. The smallest absolute Gasteiger partial charge is 0.191 e. The first-order chi connectivity index (χ1) is 16.4. The van der Waals surface area contributed by atoms with Gasteiger partial charge in [0.25, 0.3) is 0 Å². The summed E-state index contributed by atoms with van der Waals surface area (Å²) >= 11 is 1.45. The third-order valence-corrected chi connectivity index (χ3v) is 7.37. The highest BCUT2D eigenvalue weighted by molar-refractivity contribution is 7.99. The first-order valence-corrected chi connectivity index (χ1v) is 12.6. The minimum Gasteiger partial charge on any atom is -0.497 e. The first-order valence-electron chi connectivity index (χ1n) is 11.7. The number of anilines is 1. The minimum atomic E-state index is -0.214. The molecule has 1 aliphatic heterocycles. The van der Waals surface area contributed by atoms with E-state index >= 15 is 0 Å². The highest BCUT2D eigenvalue weighted by Crippen LogP contribution is 2.46. The molecular weight excluding hydrogens is 444 g/mol. The molecule has 0 radical (unpaired) electrons. The standard InChI is InChI=1S/C27H32N4O2S/c1-6-7-16-31-25(19-12-14-21(33-5)15-13-19)28-29-26(31)34-18-20(32)17-24-27(2,3)22-10-8-9-11-23(22)30(24)4/h8-15,17H,6-7,16,18H2,1-5H3/b24-17+. The van der Waals surface area contributed by atoms with Gasteiger partial charge in [-0.25, -0.2) is 0 Å².